The van der Waals surface area contributed by atoms with Gasteiger partial charge in [0.05, 0.1) is 5.56 Å². The highest BCUT2D eigenvalue weighted by molar-refractivity contribution is 5.96. The number of amides is 1. The first-order valence-corrected chi connectivity index (χ1v) is 5.82. The van der Waals surface area contributed by atoms with Gasteiger partial charge in [-0.2, -0.15) is 0 Å². The Morgan fingerprint density at radius 1 is 1.33 bits per heavy atom. The molecule has 2 rings (SSSR count). The number of hydrogen-bond acceptors (Lipinski definition) is 3. The van der Waals surface area contributed by atoms with Crippen LogP contribution in [0.3, 0.4) is 0 Å². The molecule has 6 heteroatoms. The van der Waals surface area contributed by atoms with Gasteiger partial charge >= 0.3 is 5.97 Å². The van der Waals surface area contributed by atoms with Crippen molar-refractivity contribution < 1.29 is 14.7 Å². The molecule has 0 spiro atoms. The van der Waals surface area contributed by atoms with Gasteiger partial charge in [0, 0.05) is 18.8 Å². The van der Waals surface area contributed by atoms with Crippen LogP contribution in [0, 0.1) is 0 Å². The van der Waals surface area contributed by atoms with Crippen molar-refractivity contribution in [3.63, 3.8) is 0 Å². The molecule has 0 aromatic carbocycles. The van der Waals surface area contributed by atoms with Gasteiger partial charge in [-0.1, -0.05) is 0 Å². The number of aromatic amines is 1. The molecule has 2 heterocycles. The average molecular weight is 250 g/mol. The molecular weight excluding hydrogens is 236 g/mol. The van der Waals surface area contributed by atoms with E-state index in [1.165, 1.54) is 23.2 Å². The maximum atomic E-state index is 12.2. The molecular formula is C12H14N2O4. The number of carboxylic acid groups (broad SMARTS) is 1. The molecule has 18 heavy (non-hydrogen) atoms. The molecule has 96 valence electrons. The lowest BCUT2D eigenvalue weighted by Gasteiger charge is -2.32. The number of likely N-dealkylation sites (tertiary alicyclic amines) is 1. The Bertz CT molecular complexity index is 503. The summed E-state index contributed by atoms with van der Waals surface area (Å²) in [7, 11) is 0. The number of carbonyl (C=O) groups is 2. The first kappa shape index (κ1) is 12.3. The number of hydrogen-bond donors (Lipinski definition) is 2. The Morgan fingerprint density at radius 2 is 2.11 bits per heavy atom. The minimum absolute atomic E-state index is 0.292. The van der Waals surface area contributed by atoms with Gasteiger partial charge in [-0.05, 0) is 25.3 Å². The predicted octanol–water partition coefficient (Wildman–Crippen LogP) is 0.454. The van der Waals surface area contributed by atoms with Crippen molar-refractivity contribution >= 4 is 11.9 Å². The molecule has 1 aromatic heterocycles. The Kier molecular flexibility index (Phi) is 3.45. The highest BCUT2D eigenvalue weighted by Gasteiger charge is 2.32. The second-order valence-corrected chi connectivity index (χ2v) is 4.29. The number of nitrogens with zero attached hydrogens (tertiary/aromatic N) is 1. The minimum Gasteiger partial charge on any atom is -0.480 e. The normalized spacial score (nSPS) is 19.6. The molecule has 0 saturated carbocycles. The van der Waals surface area contributed by atoms with E-state index in [-0.39, 0.29) is 11.5 Å². The molecule has 0 radical (unpaired) electrons. The van der Waals surface area contributed by atoms with Crippen LogP contribution in [0.2, 0.25) is 0 Å². The number of aliphatic carboxylic acids is 1. The van der Waals surface area contributed by atoms with Gasteiger partial charge in [0.1, 0.15) is 6.04 Å². The van der Waals surface area contributed by atoms with Crippen LogP contribution in [0.4, 0.5) is 0 Å². The molecule has 1 fully saturated rings. The summed E-state index contributed by atoms with van der Waals surface area (Å²) in [6, 6.07) is 1.90. The summed E-state index contributed by atoms with van der Waals surface area (Å²) in [5.74, 6) is -1.33. The zero-order valence-electron chi connectivity index (χ0n) is 9.76. The number of nitrogens with one attached hydrogen (secondary N) is 1. The molecule has 1 aliphatic rings. The van der Waals surface area contributed by atoms with E-state index < -0.39 is 12.0 Å². The van der Waals surface area contributed by atoms with Crippen molar-refractivity contribution in [3.05, 3.63) is 34.2 Å². The standard InChI is InChI=1S/C12H14N2O4/c15-10-5-4-8(7-13-10)11(16)14-6-2-1-3-9(14)12(17)18/h4-5,7,9H,1-3,6H2,(H,13,15)(H,17,18). The van der Waals surface area contributed by atoms with Crippen molar-refractivity contribution in [2.75, 3.05) is 6.54 Å². The van der Waals surface area contributed by atoms with Crippen LogP contribution in [0.5, 0.6) is 0 Å². The fourth-order valence-electron chi connectivity index (χ4n) is 2.14. The van der Waals surface area contributed by atoms with Gasteiger partial charge in [-0.25, -0.2) is 4.79 Å². The molecule has 2 N–H and O–H groups in total. The lowest BCUT2D eigenvalue weighted by molar-refractivity contribution is -0.143. The molecule has 0 bridgehead atoms. The van der Waals surface area contributed by atoms with Crippen molar-refractivity contribution in [1.29, 1.82) is 0 Å². The highest BCUT2D eigenvalue weighted by Crippen LogP contribution is 2.19. The first-order chi connectivity index (χ1) is 8.59. The van der Waals surface area contributed by atoms with Gasteiger partial charge in [-0.15, -0.1) is 0 Å². The molecule has 1 aromatic rings. The number of carbonyl (C=O) groups excluding carboxylic acids is 1. The van der Waals surface area contributed by atoms with Crippen LogP contribution in [0.1, 0.15) is 29.6 Å². The van der Waals surface area contributed by atoms with Gasteiger partial charge < -0.3 is 15.0 Å². The number of pyridine rings is 1. The van der Waals surface area contributed by atoms with Gasteiger partial charge in [0.25, 0.3) is 5.91 Å². The summed E-state index contributed by atoms with van der Waals surface area (Å²) in [6.07, 6.45) is 3.41. The Balaban J connectivity index is 2.23. The topological polar surface area (TPSA) is 90.5 Å². The summed E-state index contributed by atoms with van der Waals surface area (Å²) in [6.45, 7) is 0.439. The van der Waals surface area contributed by atoms with E-state index in [9.17, 15) is 14.4 Å². The molecule has 1 saturated heterocycles. The van der Waals surface area contributed by atoms with Crippen molar-refractivity contribution in [2.45, 2.75) is 25.3 Å². The van der Waals surface area contributed by atoms with Crippen molar-refractivity contribution in [1.82, 2.24) is 9.88 Å². The van der Waals surface area contributed by atoms with Gasteiger partial charge in [-0.3, -0.25) is 9.59 Å². The van der Waals surface area contributed by atoms with E-state index >= 15 is 0 Å². The zero-order chi connectivity index (χ0) is 13.1. The first-order valence-electron chi connectivity index (χ1n) is 5.82. The van der Waals surface area contributed by atoms with E-state index in [0.717, 1.165) is 12.8 Å². The van der Waals surface area contributed by atoms with Crippen molar-refractivity contribution in [3.8, 4) is 0 Å². The Morgan fingerprint density at radius 3 is 2.72 bits per heavy atom. The third-order valence-corrected chi connectivity index (χ3v) is 3.08. The SMILES string of the molecule is O=C(O)C1CCCCN1C(=O)c1ccc(=O)[nH]c1. The second kappa shape index (κ2) is 5.03. The summed E-state index contributed by atoms with van der Waals surface area (Å²) in [4.78, 5) is 38.0. The number of aromatic nitrogens is 1. The number of H-pyrrole nitrogens is 1. The molecule has 1 aliphatic heterocycles. The summed E-state index contributed by atoms with van der Waals surface area (Å²) >= 11 is 0. The fourth-order valence-corrected chi connectivity index (χ4v) is 2.14. The summed E-state index contributed by atoms with van der Waals surface area (Å²) in [5.41, 5.74) is 0.0164. The van der Waals surface area contributed by atoms with Crippen LogP contribution >= 0.6 is 0 Å². The maximum absolute atomic E-state index is 12.2. The molecule has 0 aliphatic carbocycles. The van der Waals surface area contributed by atoms with E-state index in [1.807, 2.05) is 0 Å². The predicted molar refractivity (Wildman–Crippen MR) is 63.4 cm³/mol. The van der Waals surface area contributed by atoms with Crippen LogP contribution in [0.25, 0.3) is 0 Å². The zero-order valence-corrected chi connectivity index (χ0v) is 9.76. The summed E-state index contributed by atoms with van der Waals surface area (Å²) < 4.78 is 0. The molecule has 1 atom stereocenters. The van der Waals surface area contributed by atoms with E-state index in [1.54, 1.807) is 0 Å². The van der Waals surface area contributed by atoms with Crippen LogP contribution in [-0.2, 0) is 4.79 Å². The number of rotatable bonds is 2. The van der Waals surface area contributed by atoms with Gasteiger partial charge in [0.2, 0.25) is 5.56 Å². The van der Waals surface area contributed by atoms with E-state index in [2.05, 4.69) is 4.98 Å². The average Bonchev–Trinajstić information content (AvgIpc) is 2.39. The maximum Gasteiger partial charge on any atom is 0.326 e. The molecule has 1 amide bonds. The Hall–Kier alpha value is -2.11. The van der Waals surface area contributed by atoms with Crippen molar-refractivity contribution in [2.24, 2.45) is 0 Å². The smallest absolute Gasteiger partial charge is 0.326 e. The lowest BCUT2D eigenvalue weighted by atomic mass is 10.0. The summed E-state index contributed by atoms with van der Waals surface area (Å²) in [5, 5.41) is 9.10. The number of carboxylic acids is 1. The third kappa shape index (κ3) is 2.42. The second-order valence-electron chi connectivity index (χ2n) is 4.29. The third-order valence-electron chi connectivity index (χ3n) is 3.08. The van der Waals surface area contributed by atoms with E-state index in [0.29, 0.717) is 18.5 Å². The lowest BCUT2D eigenvalue weighted by Crippen LogP contribution is -2.48. The molecule has 1 unspecified atom stereocenters. The Labute approximate surface area is 103 Å². The minimum atomic E-state index is -0.979. The monoisotopic (exact) mass is 250 g/mol. The number of piperidine rings is 1. The van der Waals surface area contributed by atoms with E-state index in [4.69, 9.17) is 5.11 Å². The largest absolute Gasteiger partial charge is 0.480 e. The quantitative estimate of drug-likeness (QED) is 0.797. The van der Waals surface area contributed by atoms with Gasteiger partial charge in [0.15, 0.2) is 0 Å². The van der Waals surface area contributed by atoms with Crippen LogP contribution in [0.15, 0.2) is 23.1 Å². The molecule has 6 nitrogen and oxygen atoms in total. The fraction of sp³-hybridized carbons (Fsp3) is 0.417. The highest BCUT2D eigenvalue weighted by atomic mass is 16.4. The van der Waals surface area contributed by atoms with Crippen LogP contribution in [-0.4, -0.2) is 39.5 Å². The van der Waals surface area contributed by atoms with Crippen LogP contribution < -0.4 is 5.56 Å².